The molecule has 336 valence electrons. The van der Waals surface area contributed by atoms with Crippen molar-refractivity contribution in [2.75, 3.05) is 19.8 Å². The Morgan fingerprint density at radius 3 is 1.20 bits per heavy atom. The van der Waals surface area contributed by atoms with Crippen LogP contribution >= 0.6 is 7.82 Å². The molecule has 0 aromatic heterocycles. The quantitative estimate of drug-likeness (QED) is 0.0301. The van der Waals surface area contributed by atoms with Gasteiger partial charge in [-0.15, -0.1) is 0 Å². The second-order valence-corrected chi connectivity index (χ2v) is 18.3. The first kappa shape index (κ1) is 55.5. The highest BCUT2D eigenvalue weighted by Gasteiger charge is 2.28. The lowest BCUT2D eigenvalue weighted by Crippen LogP contribution is -2.47. The molecule has 0 aliphatic carbocycles. The van der Waals surface area contributed by atoms with E-state index in [2.05, 4.69) is 19.2 Å². The Morgan fingerprint density at radius 1 is 0.536 bits per heavy atom. The zero-order chi connectivity index (χ0) is 41.2. The Kier molecular flexibility index (Phi) is 42.2. The number of aliphatic hydroxyl groups is 2. The summed E-state index contributed by atoms with van der Waals surface area (Å²) in [4.78, 5) is 22.8. The van der Waals surface area contributed by atoms with Crippen LogP contribution in [0.3, 0.4) is 0 Å². The van der Waals surface area contributed by atoms with Gasteiger partial charge in [-0.3, -0.25) is 13.8 Å². The van der Waals surface area contributed by atoms with E-state index < -0.39 is 32.0 Å². The molecule has 0 aliphatic heterocycles. The lowest BCUT2D eigenvalue weighted by Gasteiger charge is -2.25. The number of amides is 1. The van der Waals surface area contributed by atoms with Crippen molar-refractivity contribution in [3.63, 3.8) is 0 Å². The van der Waals surface area contributed by atoms with Crippen molar-refractivity contribution in [2.24, 2.45) is 5.73 Å². The lowest BCUT2D eigenvalue weighted by molar-refractivity contribution is -0.125. The Balaban J connectivity index is 4.14. The van der Waals surface area contributed by atoms with Crippen molar-refractivity contribution in [1.82, 2.24) is 5.32 Å². The molecule has 4 atom stereocenters. The SMILES string of the molecule is CCCCCCCCCCCCCCCCCCCCCC(O)CC(=O)NC(COP(=O)(O)OCCN)C(O)CCCCCCCCCCCCCCCCC. The molecule has 56 heavy (non-hydrogen) atoms. The molecule has 10 heteroatoms. The number of unbranched alkanes of at least 4 members (excludes halogenated alkanes) is 32. The molecule has 0 rings (SSSR count). The maximum Gasteiger partial charge on any atom is 0.472 e. The van der Waals surface area contributed by atoms with E-state index in [0.29, 0.717) is 12.8 Å². The summed E-state index contributed by atoms with van der Waals surface area (Å²) in [7, 11) is -4.37. The zero-order valence-electron chi connectivity index (χ0n) is 37.0. The first-order valence-corrected chi connectivity index (χ1v) is 25.7. The molecule has 0 aliphatic rings. The van der Waals surface area contributed by atoms with Crippen LogP contribution in [0.15, 0.2) is 0 Å². The molecule has 0 aromatic rings. The monoisotopic (exact) mass is 819 g/mol. The van der Waals surface area contributed by atoms with E-state index in [0.717, 1.165) is 38.5 Å². The van der Waals surface area contributed by atoms with Crippen molar-refractivity contribution >= 4 is 13.7 Å². The number of carbonyl (C=O) groups excluding carboxylic acids is 1. The summed E-state index contributed by atoms with van der Waals surface area (Å²) in [5.41, 5.74) is 5.38. The first-order chi connectivity index (χ1) is 27.3. The van der Waals surface area contributed by atoms with Gasteiger partial charge in [0.15, 0.2) is 0 Å². The van der Waals surface area contributed by atoms with Crippen LogP contribution in [0.4, 0.5) is 0 Å². The van der Waals surface area contributed by atoms with Gasteiger partial charge in [0, 0.05) is 6.54 Å². The van der Waals surface area contributed by atoms with Gasteiger partial charge in [0.25, 0.3) is 0 Å². The van der Waals surface area contributed by atoms with Gasteiger partial charge in [0.2, 0.25) is 5.91 Å². The van der Waals surface area contributed by atoms with Gasteiger partial charge in [-0.2, -0.15) is 0 Å². The minimum absolute atomic E-state index is 0.0628. The molecule has 0 fully saturated rings. The Hall–Kier alpha value is -0.540. The minimum atomic E-state index is -4.37. The number of nitrogens with two attached hydrogens (primary N) is 1. The van der Waals surface area contributed by atoms with Crippen LogP contribution in [0.2, 0.25) is 0 Å². The van der Waals surface area contributed by atoms with E-state index in [9.17, 15) is 24.5 Å². The summed E-state index contributed by atoms with van der Waals surface area (Å²) in [6.07, 6.45) is 42.9. The van der Waals surface area contributed by atoms with Crippen LogP contribution in [0.25, 0.3) is 0 Å². The number of rotatable bonds is 46. The van der Waals surface area contributed by atoms with E-state index >= 15 is 0 Å². The van der Waals surface area contributed by atoms with Gasteiger partial charge in [-0.1, -0.05) is 232 Å². The number of phosphoric ester groups is 1. The molecule has 0 aromatic carbocycles. The van der Waals surface area contributed by atoms with Crippen LogP contribution in [0, 0.1) is 0 Å². The minimum Gasteiger partial charge on any atom is -0.393 e. The predicted molar refractivity (Wildman–Crippen MR) is 237 cm³/mol. The van der Waals surface area contributed by atoms with E-state index in [4.69, 9.17) is 14.8 Å². The molecular formula is C46H95N2O7P. The highest BCUT2D eigenvalue weighted by molar-refractivity contribution is 7.47. The molecule has 6 N–H and O–H groups in total. The smallest absolute Gasteiger partial charge is 0.393 e. The lowest BCUT2D eigenvalue weighted by atomic mass is 10.0. The van der Waals surface area contributed by atoms with Gasteiger partial charge >= 0.3 is 7.82 Å². The first-order valence-electron chi connectivity index (χ1n) is 24.2. The van der Waals surface area contributed by atoms with Gasteiger partial charge in [-0.05, 0) is 12.8 Å². The fourth-order valence-corrected chi connectivity index (χ4v) is 8.35. The van der Waals surface area contributed by atoms with Crippen LogP contribution < -0.4 is 11.1 Å². The average Bonchev–Trinajstić information content (AvgIpc) is 3.17. The second-order valence-electron chi connectivity index (χ2n) is 16.9. The normalized spacial score (nSPS) is 14.5. The molecule has 0 spiro atoms. The van der Waals surface area contributed by atoms with E-state index in [1.165, 1.54) is 180 Å². The van der Waals surface area contributed by atoms with Crippen LogP contribution in [-0.2, 0) is 18.4 Å². The molecule has 0 saturated carbocycles. The third-order valence-electron chi connectivity index (χ3n) is 11.3. The topological polar surface area (TPSA) is 151 Å². The van der Waals surface area contributed by atoms with Crippen LogP contribution in [-0.4, -0.2) is 59.0 Å². The van der Waals surface area contributed by atoms with Crippen molar-refractivity contribution in [3.8, 4) is 0 Å². The molecule has 0 saturated heterocycles. The average molecular weight is 819 g/mol. The molecule has 4 unspecified atom stereocenters. The van der Waals surface area contributed by atoms with Gasteiger partial charge in [0.1, 0.15) is 0 Å². The summed E-state index contributed by atoms with van der Waals surface area (Å²) in [5.74, 6) is -0.407. The maximum atomic E-state index is 12.9. The zero-order valence-corrected chi connectivity index (χ0v) is 37.9. The number of hydrogen-bond acceptors (Lipinski definition) is 7. The number of hydrogen-bond donors (Lipinski definition) is 5. The standard InChI is InChI=1S/C46H95N2O7P/c1-3-5-7-9-11-13-15-17-19-20-21-22-24-25-27-29-31-33-35-37-43(49)41-46(51)48-44(42-55-56(52,53)54-40-39-47)45(50)38-36-34-32-30-28-26-23-18-16-14-12-10-8-6-4-2/h43-45,49-50H,3-42,47H2,1-2H3,(H,48,51)(H,52,53). The van der Waals surface area contributed by atoms with Gasteiger partial charge in [-0.25, -0.2) is 4.57 Å². The molecule has 0 bridgehead atoms. The third kappa shape index (κ3) is 40.2. The second kappa shape index (κ2) is 42.6. The Morgan fingerprint density at radius 2 is 0.857 bits per heavy atom. The van der Waals surface area contributed by atoms with Crippen LogP contribution in [0.5, 0.6) is 0 Å². The van der Waals surface area contributed by atoms with Gasteiger partial charge in [0.05, 0.1) is 37.9 Å². The van der Waals surface area contributed by atoms with Gasteiger partial charge < -0.3 is 26.2 Å². The number of phosphoric acid groups is 1. The molecule has 0 radical (unpaired) electrons. The number of aliphatic hydroxyl groups excluding tert-OH is 2. The van der Waals surface area contributed by atoms with Crippen molar-refractivity contribution in [2.45, 2.75) is 270 Å². The summed E-state index contributed by atoms with van der Waals surface area (Å²) in [6.45, 7) is 4.08. The van der Waals surface area contributed by atoms with Crippen LogP contribution in [0.1, 0.15) is 251 Å². The predicted octanol–water partition coefficient (Wildman–Crippen LogP) is 12.8. The summed E-state index contributed by atoms with van der Waals surface area (Å²) in [5, 5.41) is 24.3. The molecular weight excluding hydrogens is 723 g/mol. The third-order valence-corrected chi connectivity index (χ3v) is 12.2. The Labute approximate surface area is 346 Å². The summed E-state index contributed by atoms with van der Waals surface area (Å²) < 4.78 is 22.2. The fourth-order valence-electron chi connectivity index (χ4n) is 7.59. The van der Waals surface area contributed by atoms with Crippen molar-refractivity contribution in [3.05, 3.63) is 0 Å². The molecule has 9 nitrogen and oxygen atoms in total. The van der Waals surface area contributed by atoms with Crippen molar-refractivity contribution < 1.29 is 33.5 Å². The van der Waals surface area contributed by atoms with E-state index in [1.807, 2.05) is 0 Å². The highest BCUT2D eigenvalue weighted by Crippen LogP contribution is 2.43. The Bertz CT molecular complexity index is 867. The van der Waals surface area contributed by atoms with Crippen molar-refractivity contribution in [1.29, 1.82) is 0 Å². The summed E-state index contributed by atoms with van der Waals surface area (Å²) in [6, 6.07) is -0.891. The number of carbonyl (C=O) groups is 1. The molecule has 0 heterocycles. The molecule has 1 amide bonds. The summed E-state index contributed by atoms with van der Waals surface area (Å²) >= 11 is 0. The largest absolute Gasteiger partial charge is 0.472 e. The van der Waals surface area contributed by atoms with E-state index in [1.54, 1.807) is 0 Å². The fraction of sp³-hybridized carbons (Fsp3) is 0.978. The van der Waals surface area contributed by atoms with E-state index in [-0.39, 0.29) is 26.2 Å². The highest BCUT2D eigenvalue weighted by atomic mass is 31.2. The maximum absolute atomic E-state index is 12.9. The number of nitrogens with one attached hydrogen (secondary N) is 1.